The molecule has 0 unspecified atom stereocenters. The molecular weight excluding hydrogens is 222 g/mol. The van der Waals surface area contributed by atoms with Crippen LogP contribution < -0.4 is 4.90 Å². The minimum absolute atomic E-state index is 0.296. The van der Waals surface area contributed by atoms with Crippen LogP contribution in [0, 0.1) is 0 Å². The van der Waals surface area contributed by atoms with Gasteiger partial charge in [0.25, 0.3) is 0 Å². The molecule has 0 aromatic heterocycles. The first-order chi connectivity index (χ1) is 8.86. The zero-order valence-corrected chi connectivity index (χ0v) is 11.2. The maximum Gasteiger partial charge on any atom is 0.162 e. The molecule has 0 bridgehead atoms. The normalized spacial score (nSPS) is 16.7. The summed E-state index contributed by atoms with van der Waals surface area (Å²) in [6.07, 6.45) is 7.12. The van der Waals surface area contributed by atoms with Gasteiger partial charge in [-0.1, -0.05) is 30.3 Å². The lowest BCUT2D eigenvalue weighted by atomic mass is 10.1. The Labute approximate surface area is 110 Å². The van der Waals surface area contributed by atoms with Crippen LogP contribution in [0.1, 0.15) is 48.9 Å². The van der Waals surface area contributed by atoms with Crippen molar-refractivity contribution in [1.29, 1.82) is 0 Å². The van der Waals surface area contributed by atoms with Crippen molar-refractivity contribution in [3.63, 3.8) is 0 Å². The average Bonchev–Trinajstić information content (AvgIpc) is 2.45. The molecule has 1 fully saturated rings. The smallest absolute Gasteiger partial charge is 0.162 e. The summed E-state index contributed by atoms with van der Waals surface area (Å²) in [6.45, 7) is 3.93. The summed E-state index contributed by atoms with van der Waals surface area (Å²) in [6, 6.07) is 9.66. The van der Waals surface area contributed by atoms with E-state index in [9.17, 15) is 4.79 Å². The van der Waals surface area contributed by atoms with Crippen LogP contribution in [0.2, 0.25) is 0 Å². The highest BCUT2D eigenvalue weighted by atomic mass is 16.1. The van der Waals surface area contributed by atoms with Crippen molar-refractivity contribution in [3.8, 4) is 0 Å². The van der Waals surface area contributed by atoms with Gasteiger partial charge in [-0.3, -0.25) is 4.79 Å². The Morgan fingerprint density at radius 1 is 1.00 bits per heavy atom. The van der Waals surface area contributed by atoms with Crippen LogP contribution in [0.4, 0.5) is 0 Å². The van der Waals surface area contributed by atoms with Crippen LogP contribution in [0.5, 0.6) is 0 Å². The van der Waals surface area contributed by atoms with Crippen LogP contribution in [-0.4, -0.2) is 25.4 Å². The summed E-state index contributed by atoms with van der Waals surface area (Å²) >= 11 is 0. The van der Waals surface area contributed by atoms with E-state index in [1.54, 1.807) is 4.90 Å². The van der Waals surface area contributed by atoms with Crippen LogP contribution in [0.3, 0.4) is 0 Å². The number of carbonyl (C=O) groups is 1. The van der Waals surface area contributed by atoms with E-state index in [0.717, 1.165) is 12.0 Å². The van der Waals surface area contributed by atoms with Gasteiger partial charge in [-0.2, -0.15) is 0 Å². The fourth-order valence-corrected chi connectivity index (χ4v) is 2.73. The monoisotopic (exact) mass is 246 g/mol. The van der Waals surface area contributed by atoms with Crippen molar-refractivity contribution in [3.05, 3.63) is 35.9 Å². The summed E-state index contributed by atoms with van der Waals surface area (Å²) in [5.74, 6) is 0.296. The highest BCUT2D eigenvalue weighted by molar-refractivity contribution is 5.95. The van der Waals surface area contributed by atoms with E-state index < -0.39 is 0 Å². The molecule has 0 atom stereocenters. The maximum atomic E-state index is 11.9. The molecule has 2 rings (SSSR count). The van der Waals surface area contributed by atoms with Gasteiger partial charge >= 0.3 is 0 Å². The molecule has 0 aliphatic carbocycles. The zero-order chi connectivity index (χ0) is 12.6. The zero-order valence-electron chi connectivity index (χ0n) is 11.2. The van der Waals surface area contributed by atoms with Gasteiger partial charge in [-0.05, 0) is 32.1 Å². The van der Waals surface area contributed by atoms with Crippen molar-refractivity contribution in [2.24, 2.45) is 0 Å². The number of carbonyl (C=O) groups excluding carboxylic acids is 1. The fourth-order valence-electron chi connectivity index (χ4n) is 2.73. The molecule has 0 amide bonds. The first-order valence-electron chi connectivity index (χ1n) is 7.28. The lowest BCUT2D eigenvalue weighted by molar-refractivity contribution is -0.905. The second-order valence-electron chi connectivity index (χ2n) is 5.31. The molecule has 18 heavy (non-hydrogen) atoms. The van der Waals surface area contributed by atoms with E-state index >= 15 is 0 Å². The molecule has 98 valence electrons. The first kappa shape index (κ1) is 13.3. The van der Waals surface area contributed by atoms with Crippen LogP contribution in [-0.2, 0) is 0 Å². The van der Waals surface area contributed by atoms with Crippen molar-refractivity contribution in [2.45, 2.75) is 38.5 Å². The molecule has 0 saturated carbocycles. The molecule has 1 aliphatic heterocycles. The first-order valence-corrected chi connectivity index (χ1v) is 7.28. The number of unbranched alkanes of at least 4 members (excludes halogenated alkanes) is 1. The Balaban J connectivity index is 1.62. The van der Waals surface area contributed by atoms with Crippen LogP contribution in [0.25, 0.3) is 0 Å². The Morgan fingerprint density at radius 3 is 2.44 bits per heavy atom. The predicted molar refractivity (Wildman–Crippen MR) is 74.0 cm³/mol. The number of piperidine rings is 1. The lowest BCUT2D eigenvalue weighted by Gasteiger charge is -2.23. The number of nitrogens with one attached hydrogen (secondary N) is 1. The Kier molecular flexibility index (Phi) is 5.40. The predicted octanol–water partition coefficient (Wildman–Crippen LogP) is 2.11. The molecule has 2 nitrogen and oxygen atoms in total. The third kappa shape index (κ3) is 4.26. The number of rotatable bonds is 6. The van der Waals surface area contributed by atoms with E-state index in [1.165, 1.54) is 45.3 Å². The second kappa shape index (κ2) is 7.32. The average molecular weight is 246 g/mol. The van der Waals surface area contributed by atoms with Gasteiger partial charge < -0.3 is 4.90 Å². The molecule has 1 heterocycles. The van der Waals surface area contributed by atoms with Gasteiger partial charge in [0.05, 0.1) is 19.6 Å². The number of quaternary nitrogens is 1. The standard InChI is InChI=1S/C16H23NO/c18-16(15-9-3-1-4-10-15)11-5-8-14-17-12-6-2-7-13-17/h1,3-4,9-10H,2,5-8,11-14H2/p+1. The number of likely N-dealkylation sites (tertiary alicyclic amines) is 1. The summed E-state index contributed by atoms with van der Waals surface area (Å²) < 4.78 is 0. The molecule has 1 saturated heterocycles. The van der Waals surface area contributed by atoms with Crippen molar-refractivity contribution < 1.29 is 9.69 Å². The second-order valence-corrected chi connectivity index (χ2v) is 5.31. The van der Waals surface area contributed by atoms with E-state index in [2.05, 4.69) is 0 Å². The third-order valence-electron chi connectivity index (χ3n) is 3.84. The van der Waals surface area contributed by atoms with Crippen LogP contribution >= 0.6 is 0 Å². The molecule has 1 aromatic rings. The lowest BCUT2D eigenvalue weighted by Crippen LogP contribution is -3.12. The molecule has 0 radical (unpaired) electrons. The highest BCUT2D eigenvalue weighted by Gasteiger charge is 2.13. The number of ketones is 1. The largest absolute Gasteiger partial charge is 0.335 e. The molecule has 1 aliphatic rings. The Bertz CT molecular complexity index is 355. The van der Waals surface area contributed by atoms with Gasteiger partial charge in [0.2, 0.25) is 0 Å². The Morgan fingerprint density at radius 2 is 1.72 bits per heavy atom. The van der Waals surface area contributed by atoms with E-state index in [1.807, 2.05) is 30.3 Å². The number of Topliss-reactive ketones (excluding diaryl/α,β-unsaturated/α-hetero) is 1. The molecule has 1 aromatic carbocycles. The van der Waals surface area contributed by atoms with Gasteiger partial charge in [-0.25, -0.2) is 0 Å². The summed E-state index contributed by atoms with van der Waals surface area (Å²) in [5, 5.41) is 0. The van der Waals surface area contributed by atoms with Crippen LogP contribution in [0.15, 0.2) is 30.3 Å². The summed E-state index contributed by atoms with van der Waals surface area (Å²) in [5.41, 5.74) is 0.864. The minimum Gasteiger partial charge on any atom is -0.335 e. The fraction of sp³-hybridized carbons (Fsp3) is 0.562. The Hall–Kier alpha value is -1.15. The molecule has 2 heteroatoms. The van der Waals surface area contributed by atoms with Gasteiger partial charge in [-0.15, -0.1) is 0 Å². The quantitative estimate of drug-likeness (QED) is 0.602. The van der Waals surface area contributed by atoms with Crippen molar-refractivity contribution in [1.82, 2.24) is 0 Å². The van der Waals surface area contributed by atoms with Gasteiger partial charge in [0.15, 0.2) is 5.78 Å². The van der Waals surface area contributed by atoms with Crippen molar-refractivity contribution in [2.75, 3.05) is 19.6 Å². The van der Waals surface area contributed by atoms with Gasteiger partial charge in [0, 0.05) is 12.0 Å². The number of hydrogen-bond donors (Lipinski definition) is 1. The van der Waals surface area contributed by atoms with Crippen molar-refractivity contribution >= 4 is 5.78 Å². The molecular formula is C16H24NO+. The van der Waals surface area contributed by atoms with Gasteiger partial charge in [0.1, 0.15) is 0 Å². The van der Waals surface area contributed by atoms with E-state index in [-0.39, 0.29) is 0 Å². The summed E-state index contributed by atoms with van der Waals surface area (Å²) in [4.78, 5) is 13.6. The third-order valence-corrected chi connectivity index (χ3v) is 3.84. The van der Waals surface area contributed by atoms with E-state index in [0.29, 0.717) is 12.2 Å². The number of hydrogen-bond acceptors (Lipinski definition) is 1. The summed E-state index contributed by atoms with van der Waals surface area (Å²) in [7, 11) is 0. The van der Waals surface area contributed by atoms with E-state index in [4.69, 9.17) is 0 Å². The molecule has 0 spiro atoms. The molecule has 1 N–H and O–H groups in total. The SMILES string of the molecule is O=C(CCCC[NH+]1CCCCC1)c1ccccc1. The maximum absolute atomic E-state index is 11.9. The highest BCUT2D eigenvalue weighted by Crippen LogP contribution is 2.06. The number of benzene rings is 1. The minimum atomic E-state index is 0.296. The topological polar surface area (TPSA) is 21.5 Å².